The number of carbonyl (C=O) groups is 1. The monoisotopic (exact) mass is 467 g/mol. The molecule has 2 aromatic heterocycles. The molecular formula is C25H33N5O4. The summed E-state index contributed by atoms with van der Waals surface area (Å²) in [6, 6.07) is 5.67. The fraction of sp³-hybridized carbons (Fsp3) is 0.480. The Balaban J connectivity index is 1.43. The Kier molecular flexibility index (Phi) is 7.84. The fourth-order valence-corrected chi connectivity index (χ4v) is 4.21. The molecule has 0 saturated carbocycles. The average Bonchev–Trinajstić information content (AvgIpc) is 3.29. The fourth-order valence-electron chi connectivity index (χ4n) is 4.21. The van der Waals surface area contributed by atoms with Crippen molar-refractivity contribution in [2.45, 2.75) is 39.2 Å². The van der Waals surface area contributed by atoms with Crippen LogP contribution < -0.4 is 14.8 Å². The first kappa shape index (κ1) is 23.8. The lowest BCUT2D eigenvalue weighted by Crippen LogP contribution is -2.34. The van der Waals surface area contributed by atoms with Crippen LogP contribution in [0.1, 0.15) is 32.6 Å². The van der Waals surface area contributed by atoms with E-state index in [-0.39, 0.29) is 6.42 Å². The number of aliphatic carboxylic acids is 1. The highest BCUT2D eigenvalue weighted by atomic mass is 16.5. The topological polar surface area (TPSA) is 102 Å². The average molecular weight is 468 g/mol. The van der Waals surface area contributed by atoms with E-state index in [4.69, 9.17) is 14.6 Å². The summed E-state index contributed by atoms with van der Waals surface area (Å²) in [6.45, 7) is 6.73. The van der Waals surface area contributed by atoms with Crippen molar-refractivity contribution in [2.24, 2.45) is 5.92 Å². The van der Waals surface area contributed by atoms with Gasteiger partial charge in [0.25, 0.3) is 0 Å². The molecule has 9 nitrogen and oxygen atoms in total. The largest absolute Gasteiger partial charge is 0.493 e. The molecule has 34 heavy (non-hydrogen) atoms. The van der Waals surface area contributed by atoms with E-state index in [2.05, 4.69) is 27.1 Å². The van der Waals surface area contributed by atoms with Gasteiger partial charge in [-0.1, -0.05) is 6.92 Å². The van der Waals surface area contributed by atoms with Crippen LogP contribution in [0.15, 0.2) is 36.9 Å². The molecule has 0 aliphatic carbocycles. The number of nitrogens with zero attached hydrogens (tertiary/aromatic N) is 4. The van der Waals surface area contributed by atoms with E-state index < -0.39 is 5.97 Å². The zero-order valence-corrected chi connectivity index (χ0v) is 19.9. The second-order valence-electron chi connectivity index (χ2n) is 8.88. The van der Waals surface area contributed by atoms with E-state index in [0.717, 1.165) is 35.5 Å². The van der Waals surface area contributed by atoms with E-state index in [1.165, 1.54) is 32.3 Å². The molecular weight excluding hydrogens is 434 g/mol. The number of fused-ring (bicyclic) bond motifs is 1. The highest BCUT2D eigenvalue weighted by Crippen LogP contribution is 2.35. The number of benzene rings is 1. The van der Waals surface area contributed by atoms with Gasteiger partial charge in [0.1, 0.15) is 12.1 Å². The zero-order valence-electron chi connectivity index (χ0n) is 19.9. The Morgan fingerprint density at radius 2 is 2.03 bits per heavy atom. The number of aromatic nitrogens is 3. The number of aryl methyl sites for hydroxylation is 1. The molecule has 1 aliphatic heterocycles. The summed E-state index contributed by atoms with van der Waals surface area (Å²) in [7, 11) is 1.63. The van der Waals surface area contributed by atoms with Gasteiger partial charge in [0.2, 0.25) is 0 Å². The van der Waals surface area contributed by atoms with Crippen LogP contribution in [0.25, 0.3) is 10.9 Å². The number of likely N-dealkylation sites (tertiary alicyclic amines) is 1. The van der Waals surface area contributed by atoms with Crippen LogP contribution in [0, 0.1) is 5.92 Å². The minimum atomic E-state index is -0.822. The normalized spacial score (nSPS) is 14.9. The third-order valence-electron chi connectivity index (χ3n) is 6.27. The number of rotatable bonds is 11. The van der Waals surface area contributed by atoms with Crippen molar-refractivity contribution in [3.8, 4) is 11.5 Å². The number of methoxy groups -OCH3 is 1. The maximum absolute atomic E-state index is 10.8. The molecule has 4 rings (SSSR count). The van der Waals surface area contributed by atoms with Gasteiger partial charge in [-0.15, -0.1) is 0 Å². The van der Waals surface area contributed by atoms with Gasteiger partial charge in [-0.3, -0.25) is 4.79 Å². The van der Waals surface area contributed by atoms with Gasteiger partial charge in [-0.25, -0.2) is 9.97 Å². The van der Waals surface area contributed by atoms with Crippen LogP contribution in [0.2, 0.25) is 0 Å². The van der Waals surface area contributed by atoms with Crippen molar-refractivity contribution < 1.29 is 19.4 Å². The lowest BCUT2D eigenvalue weighted by molar-refractivity contribution is -0.137. The first-order valence-electron chi connectivity index (χ1n) is 11.8. The summed E-state index contributed by atoms with van der Waals surface area (Å²) in [6.07, 6.45) is 8.79. The van der Waals surface area contributed by atoms with E-state index in [0.29, 0.717) is 30.5 Å². The van der Waals surface area contributed by atoms with Crippen LogP contribution in [-0.4, -0.2) is 63.9 Å². The van der Waals surface area contributed by atoms with E-state index in [1.807, 2.05) is 35.2 Å². The summed E-state index contributed by atoms with van der Waals surface area (Å²) < 4.78 is 13.5. The molecule has 0 bridgehead atoms. The van der Waals surface area contributed by atoms with Crippen molar-refractivity contribution >= 4 is 28.4 Å². The maximum Gasteiger partial charge on any atom is 0.305 e. The standard InChI is InChI=1S/C25H33N5O4/c1-18-4-9-29(10-5-18)8-3-13-34-23-14-20-21(15-22(23)33-2)26-17-27-25(20)28-19-6-11-30(16-19)12-7-24(31)32/h6,11,14-18H,3-5,7-10,12-13H2,1-2H3,(H,31,32)(H,26,27,28). The molecule has 1 aromatic carbocycles. The molecule has 2 N–H and O–H groups in total. The SMILES string of the molecule is COc1cc2ncnc(Nc3ccn(CCC(=O)O)c3)c2cc1OCCCN1CCC(C)CC1. The second kappa shape index (κ2) is 11.2. The summed E-state index contributed by atoms with van der Waals surface area (Å²) in [5, 5.41) is 13.0. The highest BCUT2D eigenvalue weighted by molar-refractivity contribution is 5.93. The van der Waals surface area contributed by atoms with Crippen LogP contribution in [0.4, 0.5) is 11.5 Å². The number of hydrogen-bond donors (Lipinski definition) is 2. The summed E-state index contributed by atoms with van der Waals surface area (Å²) in [5.74, 6) is 1.97. The third kappa shape index (κ3) is 6.17. The summed E-state index contributed by atoms with van der Waals surface area (Å²) in [5.41, 5.74) is 1.56. The van der Waals surface area contributed by atoms with Gasteiger partial charge in [-0.05, 0) is 50.4 Å². The Morgan fingerprint density at radius 3 is 2.79 bits per heavy atom. The predicted molar refractivity (Wildman–Crippen MR) is 131 cm³/mol. The molecule has 0 spiro atoms. The minimum Gasteiger partial charge on any atom is -0.493 e. The smallest absolute Gasteiger partial charge is 0.305 e. The van der Waals surface area contributed by atoms with Gasteiger partial charge in [-0.2, -0.15) is 0 Å². The quantitative estimate of drug-likeness (QED) is 0.406. The van der Waals surface area contributed by atoms with Crippen molar-refractivity contribution in [3.63, 3.8) is 0 Å². The number of carboxylic acids is 1. The van der Waals surface area contributed by atoms with Crippen LogP contribution in [0.5, 0.6) is 11.5 Å². The maximum atomic E-state index is 10.8. The number of ether oxygens (including phenoxy) is 2. The Labute approximate surface area is 199 Å². The Hall–Kier alpha value is -3.33. The zero-order chi connectivity index (χ0) is 23.9. The Bertz CT molecular complexity index is 1110. The predicted octanol–water partition coefficient (Wildman–Crippen LogP) is 4.16. The molecule has 3 heterocycles. The molecule has 3 aromatic rings. The van der Waals surface area contributed by atoms with E-state index >= 15 is 0 Å². The number of carboxylic acid groups (broad SMARTS) is 1. The molecule has 182 valence electrons. The van der Waals surface area contributed by atoms with Crippen molar-refractivity contribution in [2.75, 3.05) is 38.7 Å². The minimum absolute atomic E-state index is 0.0714. The third-order valence-corrected chi connectivity index (χ3v) is 6.27. The van der Waals surface area contributed by atoms with Crippen molar-refractivity contribution in [1.82, 2.24) is 19.4 Å². The van der Waals surface area contributed by atoms with Crippen LogP contribution in [0.3, 0.4) is 0 Å². The number of anilines is 2. The molecule has 1 saturated heterocycles. The molecule has 0 radical (unpaired) electrons. The molecule has 1 fully saturated rings. The van der Waals surface area contributed by atoms with Crippen molar-refractivity contribution in [3.05, 3.63) is 36.9 Å². The molecule has 0 unspecified atom stereocenters. The Morgan fingerprint density at radius 1 is 1.21 bits per heavy atom. The lowest BCUT2D eigenvalue weighted by Gasteiger charge is -2.30. The van der Waals surface area contributed by atoms with Gasteiger partial charge < -0.3 is 29.4 Å². The first-order valence-corrected chi connectivity index (χ1v) is 11.8. The lowest BCUT2D eigenvalue weighted by atomic mass is 9.99. The van der Waals surface area contributed by atoms with Gasteiger partial charge in [0.15, 0.2) is 11.5 Å². The number of nitrogens with one attached hydrogen (secondary N) is 1. The highest BCUT2D eigenvalue weighted by Gasteiger charge is 2.16. The summed E-state index contributed by atoms with van der Waals surface area (Å²) >= 11 is 0. The van der Waals surface area contributed by atoms with Gasteiger partial charge in [0, 0.05) is 36.9 Å². The van der Waals surface area contributed by atoms with Gasteiger partial charge >= 0.3 is 5.97 Å². The van der Waals surface area contributed by atoms with Crippen molar-refractivity contribution in [1.29, 1.82) is 0 Å². The van der Waals surface area contributed by atoms with E-state index in [9.17, 15) is 4.79 Å². The van der Waals surface area contributed by atoms with E-state index in [1.54, 1.807) is 7.11 Å². The number of piperidine rings is 1. The molecule has 0 atom stereocenters. The second-order valence-corrected chi connectivity index (χ2v) is 8.88. The molecule has 9 heteroatoms. The van der Waals surface area contributed by atoms with Crippen LogP contribution >= 0.6 is 0 Å². The first-order chi connectivity index (χ1) is 16.5. The number of hydrogen-bond acceptors (Lipinski definition) is 7. The van der Waals surface area contributed by atoms with Crippen LogP contribution in [-0.2, 0) is 11.3 Å². The summed E-state index contributed by atoms with van der Waals surface area (Å²) in [4.78, 5) is 22.1. The molecule has 0 amide bonds. The molecule has 1 aliphatic rings. The van der Waals surface area contributed by atoms with Gasteiger partial charge in [0.05, 0.1) is 31.3 Å².